The van der Waals surface area contributed by atoms with Gasteiger partial charge in [0, 0.05) is 25.3 Å². The lowest BCUT2D eigenvalue weighted by molar-refractivity contribution is 0.125. The Bertz CT molecular complexity index is 130. The Morgan fingerprint density at radius 1 is 1.17 bits per heavy atom. The van der Waals surface area contributed by atoms with Crippen molar-refractivity contribution in [3.8, 4) is 0 Å². The van der Waals surface area contributed by atoms with Crippen molar-refractivity contribution in [3.63, 3.8) is 0 Å². The minimum atomic E-state index is 0.258. The largest absolute Gasteiger partial charge is 0.381 e. The van der Waals surface area contributed by atoms with Gasteiger partial charge >= 0.3 is 0 Å². The van der Waals surface area contributed by atoms with Crippen LogP contribution in [0.4, 0.5) is 0 Å². The maximum absolute atomic E-state index is 5.94. The summed E-state index contributed by atoms with van der Waals surface area (Å²) in [6, 6.07) is 0.526. The van der Waals surface area contributed by atoms with E-state index in [0.29, 0.717) is 5.92 Å². The Labute approximate surface area is 74.4 Å². The van der Waals surface area contributed by atoms with Gasteiger partial charge in [0.25, 0.3) is 0 Å². The van der Waals surface area contributed by atoms with Gasteiger partial charge in [-0.15, -0.1) is 0 Å². The van der Waals surface area contributed by atoms with E-state index < -0.39 is 0 Å². The van der Waals surface area contributed by atoms with E-state index in [9.17, 15) is 0 Å². The highest BCUT2D eigenvalue weighted by atomic mass is 16.5. The molecule has 0 aliphatic carbocycles. The second-order valence-corrected chi connectivity index (χ2v) is 3.83. The molecule has 0 aromatic carbocycles. The van der Waals surface area contributed by atoms with Gasteiger partial charge in [0.2, 0.25) is 0 Å². The lowest BCUT2D eigenvalue weighted by Crippen LogP contribution is -2.33. The Morgan fingerprint density at radius 2 is 1.83 bits per heavy atom. The van der Waals surface area contributed by atoms with Crippen LogP contribution < -0.4 is 11.5 Å². The third kappa shape index (κ3) is 3.09. The van der Waals surface area contributed by atoms with E-state index in [2.05, 4.69) is 6.92 Å². The van der Waals surface area contributed by atoms with E-state index in [1.54, 1.807) is 0 Å². The first-order valence-corrected chi connectivity index (χ1v) is 4.79. The lowest BCUT2D eigenvalue weighted by Gasteiger charge is -2.20. The Morgan fingerprint density at radius 3 is 2.58 bits per heavy atom. The van der Waals surface area contributed by atoms with Gasteiger partial charge in [-0.25, -0.2) is 0 Å². The van der Waals surface area contributed by atoms with Crippen LogP contribution in [0, 0.1) is 5.92 Å². The maximum Gasteiger partial charge on any atom is 0.0480 e. The molecular formula is C9H20N2O. The summed E-state index contributed by atoms with van der Waals surface area (Å²) < 4.78 is 5.38. The lowest BCUT2D eigenvalue weighted by atomic mass is 9.92. The summed E-state index contributed by atoms with van der Waals surface area (Å²) in [7, 11) is 0. The van der Waals surface area contributed by atoms with Crippen molar-refractivity contribution in [2.24, 2.45) is 17.4 Å². The summed E-state index contributed by atoms with van der Waals surface area (Å²) in [4.78, 5) is 0. The smallest absolute Gasteiger partial charge is 0.0480 e. The Balaban J connectivity index is 2.40. The average molecular weight is 172 g/mol. The zero-order chi connectivity index (χ0) is 8.97. The molecule has 4 N–H and O–H groups in total. The van der Waals surface area contributed by atoms with Gasteiger partial charge in [0.05, 0.1) is 0 Å². The summed E-state index contributed by atoms with van der Waals surface area (Å²) in [5.41, 5.74) is 11.8. The molecule has 1 fully saturated rings. The molecule has 0 radical (unpaired) electrons. The van der Waals surface area contributed by atoms with Crippen LogP contribution in [0.1, 0.15) is 26.2 Å². The minimum absolute atomic E-state index is 0.258. The molecule has 0 bridgehead atoms. The first-order chi connectivity index (χ1) is 5.70. The molecule has 0 spiro atoms. The predicted octanol–water partition coefficient (Wildman–Crippen LogP) is 0.478. The van der Waals surface area contributed by atoms with Crippen molar-refractivity contribution < 1.29 is 4.74 Å². The van der Waals surface area contributed by atoms with Crippen molar-refractivity contribution in [2.75, 3.05) is 13.2 Å². The molecule has 0 aromatic heterocycles. The van der Waals surface area contributed by atoms with Crippen molar-refractivity contribution in [3.05, 3.63) is 0 Å². The molecule has 1 rings (SSSR count). The maximum atomic E-state index is 5.94. The van der Waals surface area contributed by atoms with Crippen LogP contribution >= 0.6 is 0 Å². The van der Waals surface area contributed by atoms with Gasteiger partial charge < -0.3 is 16.2 Å². The molecule has 3 heteroatoms. The molecule has 3 nitrogen and oxygen atoms in total. The van der Waals surface area contributed by atoms with Crippen LogP contribution in [0.5, 0.6) is 0 Å². The van der Waals surface area contributed by atoms with Crippen LogP contribution in [-0.4, -0.2) is 25.3 Å². The molecule has 12 heavy (non-hydrogen) atoms. The molecule has 1 heterocycles. The normalized spacial score (nSPS) is 39.8. The third-order valence-corrected chi connectivity index (χ3v) is 2.63. The molecule has 3 atom stereocenters. The highest BCUT2D eigenvalue weighted by molar-refractivity contribution is 4.75. The van der Waals surface area contributed by atoms with E-state index in [4.69, 9.17) is 16.2 Å². The molecule has 72 valence electrons. The van der Waals surface area contributed by atoms with Crippen LogP contribution in [-0.2, 0) is 4.74 Å². The molecule has 0 aromatic rings. The Kier molecular flexibility index (Phi) is 3.98. The molecule has 1 saturated heterocycles. The predicted molar refractivity (Wildman–Crippen MR) is 49.8 cm³/mol. The van der Waals surface area contributed by atoms with Gasteiger partial charge in [0.15, 0.2) is 0 Å². The number of hydrogen-bond acceptors (Lipinski definition) is 3. The minimum Gasteiger partial charge on any atom is -0.381 e. The van der Waals surface area contributed by atoms with Gasteiger partial charge in [-0.2, -0.15) is 0 Å². The van der Waals surface area contributed by atoms with Crippen molar-refractivity contribution >= 4 is 0 Å². The standard InChI is InChI=1S/C9H20N2O/c1-7-6-8(10)2-4-12-5-3-9(7)11/h7-9H,2-6,10-11H2,1H3. The first kappa shape index (κ1) is 9.96. The second-order valence-electron chi connectivity index (χ2n) is 3.83. The number of hydrogen-bond donors (Lipinski definition) is 2. The molecule has 3 unspecified atom stereocenters. The van der Waals surface area contributed by atoms with E-state index in [-0.39, 0.29) is 12.1 Å². The second kappa shape index (κ2) is 4.80. The van der Waals surface area contributed by atoms with Gasteiger partial charge in [-0.1, -0.05) is 6.92 Å². The fraction of sp³-hybridized carbons (Fsp3) is 1.00. The topological polar surface area (TPSA) is 61.3 Å². The van der Waals surface area contributed by atoms with E-state index in [1.807, 2.05) is 0 Å². The molecule has 1 aliphatic rings. The van der Waals surface area contributed by atoms with Crippen LogP contribution in [0.3, 0.4) is 0 Å². The number of nitrogens with two attached hydrogens (primary N) is 2. The molecule has 0 amide bonds. The molecule has 0 saturated carbocycles. The van der Waals surface area contributed by atoms with Gasteiger partial charge in [-0.3, -0.25) is 0 Å². The number of ether oxygens (including phenoxy) is 1. The van der Waals surface area contributed by atoms with Crippen molar-refractivity contribution in [2.45, 2.75) is 38.3 Å². The summed E-state index contributed by atoms with van der Waals surface area (Å²) in [5, 5.41) is 0. The van der Waals surface area contributed by atoms with Crippen LogP contribution in [0.2, 0.25) is 0 Å². The van der Waals surface area contributed by atoms with Crippen molar-refractivity contribution in [1.82, 2.24) is 0 Å². The fourth-order valence-corrected chi connectivity index (χ4v) is 1.61. The van der Waals surface area contributed by atoms with E-state index >= 15 is 0 Å². The number of rotatable bonds is 0. The summed E-state index contributed by atoms with van der Waals surface area (Å²) in [5.74, 6) is 0.529. The monoisotopic (exact) mass is 172 g/mol. The van der Waals surface area contributed by atoms with E-state index in [1.165, 1.54) is 0 Å². The Hall–Kier alpha value is -0.120. The van der Waals surface area contributed by atoms with Crippen LogP contribution in [0.25, 0.3) is 0 Å². The van der Waals surface area contributed by atoms with Crippen molar-refractivity contribution in [1.29, 1.82) is 0 Å². The molecular weight excluding hydrogens is 152 g/mol. The fourth-order valence-electron chi connectivity index (χ4n) is 1.61. The van der Waals surface area contributed by atoms with E-state index in [0.717, 1.165) is 32.5 Å². The highest BCUT2D eigenvalue weighted by Crippen LogP contribution is 2.14. The SMILES string of the molecule is CC1CC(N)CCOCCC1N. The van der Waals surface area contributed by atoms with Crippen LogP contribution in [0.15, 0.2) is 0 Å². The zero-order valence-corrected chi connectivity index (χ0v) is 7.83. The average Bonchev–Trinajstić information content (AvgIpc) is 2.07. The summed E-state index contributed by atoms with van der Waals surface area (Å²) in [6.07, 6.45) is 2.97. The zero-order valence-electron chi connectivity index (χ0n) is 7.83. The summed E-state index contributed by atoms with van der Waals surface area (Å²) >= 11 is 0. The van der Waals surface area contributed by atoms with Gasteiger partial charge in [0.1, 0.15) is 0 Å². The highest BCUT2D eigenvalue weighted by Gasteiger charge is 2.17. The quantitative estimate of drug-likeness (QED) is 0.558. The third-order valence-electron chi connectivity index (χ3n) is 2.63. The first-order valence-electron chi connectivity index (χ1n) is 4.79. The summed E-state index contributed by atoms with van der Waals surface area (Å²) in [6.45, 7) is 3.76. The van der Waals surface area contributed by atoms with Gasteiger partial charge in [-0.05, 0) is 25.2 Å². The molecule has 1 aliphatic heterocycles.